The third kappa shape index (κ3) is 3.39. The lowest BCUT2D eigenvalue weighted by molar-refractivity contribution is -0.658. The molecule has 6 rings (SSSR count). The highest BCUT2D eigenvalue weighted by Crippen LogP contribution is 2.40. The smallest absolute Gasteiger partial charge is 0.245 e. The van der Waals surface area contributed by atoms with Crippen LogP contribution >= 0.6 is 0 Å². The van der Waals surface area contributed by atoms with E-state index in [1.165, 1.54) is 16.7 Å². The molecule has 0 bridgehead atoms. The normalized spacial score (nSPS) is 16.3. The van der Waals surface area contributed by atoms with Gasteiger partial charge in [-0.2, -0.15) is 0 Å². The minimum absolute atomic E-state index is 0. The lowest BCUT2D eigenvalue weighted by Gasteiger charge is -2.10. The standard InChI is InChI=1S/C26H22N2O3.BrH/c29-20-8-5-17(6-9-20)25(30)15-27-16-28(24-4-2-1-3-23(24)27)22-10-7-18-13-19-11-12-31-26(19)14-21(18)22;/h1-6,8-9,13-14,16,22H,7,10-12,15H2;1H. The molecule has 5 nitrogen and oxygen atoms in total. The van der Waals surface area contributed by atoms with E-state index in [2.05, 4.69) is 35.2 Å². The largest absolute Gasteiger partial charge is 1.00 e. The van der Waals surface area contributed by atoms with E-state index >= 15 is 0 Å². The van der Waals surface area contributed by atoms with Crippen LogP contribution in [0.2, 0.25) is 0 Å². The first-order chi connectivity index (χ1) is 15.2. The molecule has 6 heteroatoms. The topological polar surface area (TPSA) is 55.3 Å². The average molecular weight is 491 g/mol. The van der Waals surface area contributed by atoms with Gasteiger partial charge in [0.1, 0.15) is 17.5 Å². The molecule has 162 valence electrons. The summed E-state index contributed by atoms with van der Waals surface area (Å²) in [4.78, 5) is 12.9. The van der Waals surface area contributed by atoms with Crippen LogP contribution in [0, 0.1) is 0 Å². The molecule has 0 amide bonds. The Hall–Kier alpha value is -3.12. The van der Waals surface area contributed by atoms with Gasteiger partial charge in [-0.15, -0.1) is 0 Å². The fourth-order valence-electron chi connectivity index (χ4n) is 5.02. The van der Waals surface area contributed by atoms with E-state index in [0.717, 1.165) is 42.7 Å². The van der Waals surface area contributed by atoms with Crippen molar-refractivity contribution in [1.82, 2.24) is 4.57 Å². The zero-order valence-electron chi connectivity index (χ0n) is 17.5. The fourth-order valence-corrected chi connectivity index (χ4v) is 5.02. The van der Waals surface area contributed by atoms with Gasteiger partial charge >= 0.3 is 0 Å². The van der Waals surface area contributed by atoms with Gasteiger partial charge in [0.15, 0.2) is 17.6 Å². The molecule has 1 aromatic heterocycles. The number of rotatable bonds is 4. The molecule has 1 N–H and O–H groups in total. The summed E-state index contributed by atoms with van der Waals surface area (Å²) >= 11 is 0. The molecule has 0 fully saturated rings. The minimum atomic E-state index is 0. The first-order valence-corrected chi connectivity index (χ1v) is 10.8. The molecule has 1 unspecified atom stereocenters. The van der Waals surface area contributed by atoms with Crippen molar-refractivity contribution in [1.29, 1.82) is 0 Å². The number of ether oxygens (including phenoxy) is 1. The van der Waals surface area contributed by atoms with Crippen LogP contribution in [-0.4, -0.2) is 22.1 Å². The van der Waals surface area contributed by atoms with E-state index in [1.54, 1.807) is 24.3 Å². The minimum Gasteiger partial charge on any atom is -1.00 e. The highest BCUT2D eigenvalue weighted by Gasteiger charge is 2.33. The molecule has 1 aliphatic heterocycles. The Morgan fingerprint density at radius 3 is 2.72 bits per heavy atom. The molecule has 32 heavy (non-hydrogen) atoms. The first-order valence-electron chi connectivity index (χ1n) is 10.8. The van der Waals surface area contributed by atoms with Crippen molar-refractivity contribution in [2.24, 2.45) is 0 Å². The predicted octanol–water partition coefficient (Wildman–Crippen LogP) is 0.992. The quantitative estimate of drug-likeness (QED) is 0.343. The summed E-state index contributed by atoms with van der Waals surface area (Å²) in [7, 11) is 0. The van der Waals surface area contributed by atoms with Crippen molar-refractivity contribution in [3.63, 3.8) is 0 Å². The Balaban J connectivity index is 0.00000216. The average Bonchev–Trinajstić information content (AvgIpc) is 3.49. The number of Topliss-reactive ketones (excluding diaryl/α,β-unsaturated/α-hetero) is 1. The van der Waals surface area contributed by atoms with Gasteiger partial charge in [-0.3, -0.25) is 4.79 Å². The molecular formula is C26H23BrN2O3. The van der Waals surface area contributed by atoms with Crippen LogP contribution in [0.3, 0.4) is 0 Å². The maximum Gasteiger partial charge on any atom is 0.245 e. The third-order valence-electron chi connectivity index (χ3n) is 6.57. The van der Waals surface area contributed by atoms with Gasteiger partial charge in [0.2, 0.25) is 12.1 Å². The third-order valence-corrected chi connectivity index (χ3v) is 6.57. The monoisotopic (exact) mass is 490 g/mol. The Kier molecular flexibility index (Phi) is 5.25. The number of hydrogen-bond donors (Lipinski definition) is 1. The van der Waals surface area contributed by atoms with Crippen LogP contribution in [0.5, 0.6) is 11.5 Å². The van der Waals surface area contributed by atoms with Gasteiger partial charge < -0.3 is 26.8 Å². The van der Waals surface area contributed by atoms with Crippen LogP contribution in [0.4, 0.5) is 0 Å². The zero-order chi connectivity index (χ0) is 20.9. The molecular weight excluding hydrogens is 468 g/mol. The SMILES string of the molecule is O=C(C[n+]1cn(C2CCc3cc4c(cc32)OCC4)c2ccccc21)c1ccc(O)cc1.[Br-]. The second kappa shape index (κ2) is 8.10. The molecule has 0 radical (unpaired) electrons. The number of benzene rings is 3. The molecule has 0 saturated heterocycles. The molecule has 2 aliphatic rings. The van der Waals surface area contributed by atoms with Crippen LogP contribution in [0.25, 0.3) is 11.0 Å². The van der Waals surface area contributed by atoms with Gasteiger partial charge in [0.25, 0.3) is 0 Å². The van der Waals surface area contributed by atoms with Crippen LogP contribution in [0.15, 0.2) is 67.0 Å². The predicted molar refractivity (Wildman–Crippen MR) is 117 cm³/mol. The van der Waals surface area contributed by atoms with E-state index in [-0.39, 0.29) is 41.1 Å². The van der Waals surface area contributed by atoms with E-state index in [1.807, 2.05) is 16.7 Å². The highest BCUT2D eigenvalue weighted by atomic mass is 79.9. The summed E-state index contributed by atoms with van der Waals surface area (Å²) < 4.78 is 10.2. The summed E-state index contributed by atoms with van der Waals surface area (Å²) in [6.45, 7) is 1.03. The van der Waals surface area contributed by atoms with Gasteiger partial charge in [-0.25, -0.2) is 9.13 Å². The van der Waals surface area contributed by atoms with E-state index in [9.17, 15) is 9.90 Å². The number of phenolic OH excluding ortho intramolecular Hbond substituents is 1. The maximum atomic E-state index is 12.9. The molecule has 1 aliphatic carbocycles. The van der Waals surface area contributed by atoms with E-state index in [0.29, 0.717) is 5.56 Å². The molecule has 1 atom stereocenters. The van der Waals surface area contributed by atoms with Crippen molar-refractivity contribution in [3.05, 3.63) is 89.2 Å². The summed E-state index contributed by atoms with van der Waals surface area (Å²) in [5, 5.41) is 9.50. The van der Waals surface area contributed by atoms with Crippen LogP contribution in [-0.2, 0) is 19.4 Å². The number of carbonyl (C=O) groups is 1. The number of hydrogen-bond acceptors (Lipinski definition) is 3. The second-order valence-electron chi connectivity index (χ2n) is 8.42. The number of imidazole rings is 1. The molecule has 0 saturated carbocycles. The molecule has 2 heterocycles. The first kappa shape index (κ1) is 20.8. The lowest BCUT2D eigenvalue weighted by atomic mass is 10.0. The van der Waals surface area contributed by atoms with Crippen molar-refractivity contribution < 1.29 is 36.2 Å². The summed E-state index contributed by atoms with van der Waals surface area (Å²) in [6, 6.07) is 19.5. The summed E-state index contributed by atoms with van der Waals surface area (Å²) in [6.07, 6.45) is 5.19. The number of halogens is 1. The van der Waals surface area contributed by atoms with Crippen LogP contribution < -0.4 is 26.3 Å². The molecule has 0 spiro atoms. The Morgan fingerprint density at radius 1 is 1.06 bits per heavy atom. The van der Waals surface area contributed by atoms with Crippen LogP contribution in [0.1, 0.15) is 39.5 Å². The van der Waals surface area contributed by atoms with Gasteiger partial charge in [-0.1, -0.05) is 18.2 Å². The number of aryl methyl sites for hydroxylation is 1. The second-order valence-corrected chi connectivity index (χ2v) is 8.42. The molecule has 3 aromatic carbocycles. The zero-order valence-corrected chi connectivity index (χ0v) is 19.1. The Bertz CT molecular complexity index is 1330. The number of phenols is 1. The van der Waals surface area contributed by atoms with Gasteiger partial charge in [-0.05, 0) is 66.4 Å². The number of aromatic nitrogens is 2. The number of carbonyl (C=O) groups excluding carboxylic acids is 1. The Labute approximate surface area is 196 Å². The van der Waals surface area contributed by atoms with Crippen molar-refractivity contribution in [2.45, 2.75) is 31.8 Å². The van der Waals surface area contributed by atoms with Gasteiger partial charge in [0, 0.05) is 17.5 Å². The van der Waals surface area contributed by atoms with Gasteiger partial charge in [0.05, 0.1) is 6.61 Å². The fraction of sp³-hybridized carbons (Fsp3) is 0.231. The number of ketones is 1. The lowest BCUT2D eigenvalue weighted by Crippen LogP contribution is -3.00. The van der Waals surface area contributed by atoms with Crippen molar-refractivity contribution in [2.75, 3.05) is 6.61 Å². The summed E-state index contributed by atoms with van der Waals surface area (Å²) in [5.41, 5.74) is 6.84. The highest BCUT2D eigenvalue weighted by molar-refractivity contribution is 5.95. The van der Waals surface area contributed by atoms with E-state index in [4.69, 9.17) is 4.74 Å². The number of aromatic hydroxyl groups is 1. The number of para-hydroxylation sites is 2. The number of fused-ring (bicyclic) bond motifs is 3. The van der Waals surface area contributed by atoms with Crippen molar-refractivity contribution >= 4 is 16.8 Å². The number of nitrogens with zero attached hydrogens (tertiary/aromatic N) is 2. The summed E-state index contributed by atoms with van der Waals surface area (Å²) in [5.74, 6) is 1.21. The maximum absolute atomic E-state index is 12.9. The molecule has 4 aromatic rings. The Morgan fingerprint density at radius 2 is 1.88 bits per heavy atom. The van der Waals surface area contributed by atoms with E-state index < -0.39 is 0 Å². The van der Waals surface area contributed by atoms with Crippen molar-refractivity contribution in [3.8, 4) is 11.5 Å².